The molecule has 4 rings (SSSR count). The first-order chi connectivity index (χ1) is 7.83. The quantitative estimate of drug-likeness (QED) is 0.580. The van der Waals surface area contributed by atoms with E-state index in [1.165, 1.54) is 12.8 Å². The van der Waals surface area contributed by atoms with Gasteiger partial charge in [-0.25, -0.2) is 0 Å². The summed E-state index contributed by atoms with van der Waals surface area (Å²) in [6, 6.07) is 0.889. The number of fused-ring (bicyclic) bond motifs is 2. The zero-order valence-electron chi connectivity index (χ0n) is 10.4. The van der Waals surface area contributed by atoms with Crippen molar-refractivity contribution in [3.63, 3.8) is 0 Å². The van der Waals surface area contributed by atoms with Gasteiger partial charge in [0.05, 0.1) is 13.2 Å². The van der Waals surface area contributed by atoms with E-state index in [2.05, 4.69) is 10.6 Å². The first kappa shape index (κ1) is 16.5. The smallest absolute Gasteiger partial charge is 0.0587 e. The van der Waals surface area contributed by atoms with Crippen LogP contribution in [0.5, 0.6) is 0 Å². The second-order valence-electron chi connectivity index (χ2n) is 5.71. The molecule has 0 bridgehead atoms. The Labute approximate surface area is 121 Å². The van der Waals surface area contributed by atoms with Gasteiger partial charge in [0.2, 0.25) is 0 Å². The molecule has 0 amide bonds. The van der Waals surface area contributed by atoms with Crippen molar-refractivity contribution in [1.29, 1.82) is 0 Å². The first-order valence-electron chi connectivity index (χ1n) is 6.52. The number of rotatable bonds is 2. The Morgan fingerprint density at radius 2 is 1.17 bits per heavy atom. The molecule has 0 unspecified atom stereocenters. The molecule has 4 N–H and O–H groups in total. The summed E-state index contributed by atoms with van der Waals surface area (Å²) in [5.41, 5.74) is 0. The molecule has 6 atom stereocenters. The molecule has 108 valence electrons. The molecule has 0 radical (unpaired) electrons. The van der Waals surface area contributed by atoms with E-state index in [9.17, 15) is 0 Å². The van der Waals surface area contributed by atoms with Crippen LogP contribution < -0.4 is 10.6 Å². The Kier molecular flexibility index (Phi) is 6.16. The SMILES string of the molecule is Cl.Cl.OC[C@@H]1NC[C@@H]2C[C@@H]21.OC[C@H]1NC[C@H]2C[C@H]21. The average Bonchev–Trinajstić information content (AvgIpc) is 3.21. The van der Waals surface area contributed by atoms with Crippen LogP contribution >= 0.6 is 24.8 Å². The molecular weight excluding hydrogens is 275 g/mol. The van der Waals surface area contributed by atoms with E-state index in [0.29, 0.717) is 25.3 Å². The van der Waals surface area contributed by atoms with Crippen LogP contribution in [0.15, 0.2) is 0 Å². The van der Waals surface area contributed by atoms with Crippen molar-refractivity contribution >= 4 is 24.8 Å². The van der Waals surface area contributed by atoms with Crippen molar-refractivity contribution in [2.75, 3.05) is 26.3 Å². The zero-order chi connectivity index (χ0) is 11.1. The number of piperidine rings is 2. The van der Waals surface area contributed by atoms with E-state index in [1.54, 1.807) is 0 Å². The summed E-state index contributed by atoms with van der Waals surface area (Å²) in [5.74, 6) is 3.51. The number of aliphatic hydroxyl groups is 2. The van der Waals surface area contributed by atoms with Gasteiger partial charge >= 0.3 is 0 Å². The van der Waals surface area contributed by atoms with Crippen LogP contribution in [0.3, 0.4) is 0 Å². The highest BCUT2D eigenvalue weighted by molar-refractivity contribution is 5.85. The van der Waals surface area contributed by atoms with Gasteiger partial charge in [-0.2, -0.15) is 0 Å². The van der Waals surface area contributed by atoms with E-state index < -0.39 is 0 Å². The Morgan fingerprint density at radius 3 is 1.28 bits per heavy atom. The standard InChI is InChI=1S/2C6H11NO.2ClH/c2*8-3-6-5-1-4(5)2-7-6;;/h2*4-8H,1-3H2;2*1H/t2*4-,5-,6-;;/m10../s1. The highest BCUT2D eigenvalue weighted by Crippen LogP contribution is 2.45. The summed E-state index contributed by atoms with van der Waals surface area (Å²) in [5, 5.41) is 23.9. The highest BCUT2D eigenvalue weighted by Gasteiger charge is 2.47. The van der Waals surface area contributed by atoms with Gasteiger partial charge in [-0.15, -0.1) is 24.8 Å². The van der Waals surface area contributed by atoms with Gasteiger partial charge in [0.15, 0.2) is 0 Å². The Bertz CT molecular complexity index is 244. The number of halogens is 2. The monoisotopic (exact) mass is 298 g/mol. The largest absolute Gasteiger partial charge is 0.395 e. The molecule has 2 saturated heterocycles. The summed E-state index contributed by atoms with van der Waals surface area (Å²) < 4.78 is 0. The third-order valence-electron chi connectivity index (χ3n) is 4.67. The van der Waals surface area contributed by atoms with Gasteiger partial charge in [-0.05, 0) is 49.6 Å². The second kappa shape index (κ2) is 6.73. The van der Waals surface area contributed by atoms with Crippen LogP contribution in [0.4, 0.5) is 0 Å². The van der Waals surface area contributed by atoms with Crippen LogP contribution in [0.2, 0.25) is 0 Å². The Balaban J connectivity index is 0.000000162. The lowest BCUT2D eigenvalue weighted by Crippen LogP contribution is -2.29. The highest BCUT2D eigenvalue weighted by atomic mass is 35.5. The van der Waals surface area contributed by atoms with E-state index in [1.807, 2.05) is 0 Å². The fraction of sp³-hybridized carbons (Fsp3) is 1.00. The summed E-state index contributed by atoms with van der Waals surface area (Å²) in [7, 11) is 0. The van der Waals surface area contributed by atoms with Crippen molar-refractivity contribution in [1.82, 2.24) is 10.6 Å². The van der Waals surface area contributed by atoms with E-state index in [4.69, 9.17) is 10.2 Å². The number of aliphatic hydroxyl groups excluding tert-OH is 2. The minimum Gasteiger partial charge on any atom is -0.395 e. The van der Waals surface area contributed by atoms with Crippen molar-refractivity contribution in [2.24, 2.45) is 23.7 Å². The number of nitrogens with one attached hydrogen (secondary N) is 2. The molecule has 2 aliphatic carbocycles. The van der Waals surface area contributed by atoms with E-state index in [-0.39, 0.29) is 24.8 Å². The Hall–Kier alpha value is 0.420. The van der Waals surface area contributed by atoms with Crippen molar-refractivity contribution in [2.45, 2.75) is 24.9 Å². The lowest BCUT2D eigenvalue weighted by molar-refractivity contribution is 0.242. The predicted octanol–water partition coefficient (Wildman–Crippen LogP) is 0.0168. The van der Waals surface area contributed by atoms with Gasteiger partial charge in [0, 0.05) is 12.1 Å². The molecule has 4 fully saturated rings. The molecular formula is C12H24Cl2N2O2. The molecule has 2 heterocycles. The van der Waals surface area contributed by atoms with Crippen LogP contribution in [-0.2, 0) is 0 Å². The second-order valence-corrected chi connectivity index (χ2v) is 5.71. The minimum atomic E-state index is 0. The summed E-state index contributed by atoms with van der Waals surface area (Å²) in [6.45, 7) is 2.97. The zero-order valence-corrected chi connectivity index (χ0v) is 12.1. The third-order valence-corrected chi connectivity index (χ3v) is 4.67. The maximum absolute atomic E-state index is 8.70. The van der Waals surface area contributed by atoms with Gasteiger partial charge in [0.1, 0.15) is 0 Å². The lowest BCUT2D eigenvalue weighted by Gasteiger charge is -2.06. The molecule has 0 aromatic carbocycles. The first-order valence-corrected chi connectivity index (χ1v) is 6.52. The molecule has 0 aromatic heterocycles. The number of hydrogen-bond donors (Lipinski definition) is 4. The number of hydrogen-bond acceptors (Lipinski definition) is 4. The van der Waals surface area contributed by atoms with Crippen molar-refractivity contribution in [3.8, 4) is 0 Å². The van der Waals surface area contributed by atoms with Gasteiger partial charge < -0.3 is 20.8 Å². The van der Waals surface area contributed by atoms with Crippen LogP contribution in [0.1, 0.15) is 12.8 Å². The van der Waals surface area contributed by atoms with E-state index >= 15 is 0 Å². The summed E-state index contributed by atoms with van der Waals surface area (Å²) in [4.78, 5) is 0. The molecule has 4 aliphatic rings. The summed E-state index contributed by atoms with van der Waals surface area (Å²) >= 11 is 0. The maximum atomic E-state index is 8.70. The third kappa shape index (κ3) is 3.30. The molecule has 2 aliphatic heterocycles. The fourth-order valence-corrected chi connectivity index (χ4v) is 3.31. The summed E-state index contributed by atoms with van der Waals surface area (Å²) in [6.07, 6.45) is 2.72. The predicted molar refractivity (Wildman–Crippen MR) is 75.4 cm³/mol. The normalized spacial score (nSPS) is 45.7. The maximum Gasteiger partial charge on any atom is 0.0587 e. The van der Waals surface area contributed by atoms with E-state index in [0.717, 1.165) is 36.8 Å². The fourth-order valence-electron chi connectivity index (χ4n) is 3.31. The van der Waals surface area contributed by atoms with Crippen LogP contribution in [0, 0.1) is 23.7 Å². The van der Waals surface area contributed by atoms with Crippen molar-refractivity contribution < 1.29 is 10.2 Å². The lowest BCUT2D eigenvalue weighted by atomic mass is 10.2. The minimum absolute atomic E-state index is 0. The molecule has 6 heteroatoms. The van der Waals surface area contributed by atoms with Gasteiger partial charge in [-0.3, -0.25) is 0 Å². The molecule has 0 aromatic rings. The van der Waals surface area contributed by atoms with Crippen LogP contribution in [0.25, 0.3) is 0 Å². The van der Waals surface area contributed by atoms with Gasteiger partial charge in [0.25, 0.3) is 0 Å². The van der Waals surface area contributed by atoms with Crippen LogP contribution in [-0.4, -0.2) is 48.6 Å². The topological polar surface area (TPSA) is 64.5 Å². The van der Waals surface area contributed by atoms with Crippen molar-refractivity contribution in [3.05, 3.63) is 0 Å². The molecule has 18 heavy (non-hydrogen) atoms. The van der Waals surface area contributed by atoms with Gasteiger partial charge in [-0.1, -0.05) is 0 Å². The average molecular weight is 299 g/mol. The molecule has 0 spiro atoms. The molecule has 4 nitrogen and oxygen atoms in total. The Morgan fingerprint density at radius 1 is 0.778 bits per heavy atom. The molecule has 2 saturated carbocycles.